The number of carbonyl (C=O) groups is 2. The van der Waals surface area contributed by atoms with E-state index in [4.69, 9.17) is 4.74 Å². The first kappa shape index (κ1) is 14.7. The fourth-order valence-corrected chi connectivity index (χ4v) is 2.01. The number of halogens is 1. The van der Waals surface area contributed by atoms with Gasteiger partial charge >= 0.3 is 12.1 Å². The molecule has 0 aliphatic carbocycles. The summed E-state index contributed by atoms with van der Waals surface area (Å²) in [5.41, 5.74) is -1.99. The molecule has 18 heavy (non-hydrogen) atoms. The molecule has 1 amide bonds. The van der Waals surface area contributed by atoms with E-state index in [2.05, 4.69) is 4.74 Å². The third-order valence-corrected chi connectivity index (χ3v) is 2.83. The zero-order valence-electron chi connectivity index (χ0n) is 11.4. The van der Waals surface area contributed by atoms with Crippen LogP contribution in [0.25, 0.3) is 0 Å². The molecule has 0 aromatic heterocycles. The monoisotopic (exact) mass is 261 g/mol. The van der Waals surface area contributed by atoms with Gasteiger partial charge in [-0.2, -0.15) is 0 Å². The molecule has 2 unspecified atom stereocenters. The highest BCUT2D eigenvalue weighted by Crippen LogP contribution is 2.33. The Labute approximate surface area is 106 Å². The van der Waals surface area contributed by atoms with E-state index >= 15 is 0 Å². The van der Waals surface area contributed by atoms with Gasteiger partial charge in [0.05, 0.1) is 13.7 Å². The van der Waals surface area contributed by atoms with Crippen LogP contribution in [0.15, 0.2) is 0 Å². The Kier molecular flexibility index (Phi) is 3.88. The highest BCUT2D eigenvalue weighted by Gasteiger charge is 2.52. The molecule has 6 heteroatoms. The molecule has 0 N–H and O–H groups in total. The molecule has 1 fully saturated rings. The molecule has 0 spiro atoms. The first-order valence-corrected chi connectivity index (χ1v) is 5.83. The summed E-state index contributed by atoms with van der Waals surface area (Å²) in [5.74, 6) is -0.631. The third-order valence-electron chi connectivity index (χ3n) is 2.83. The largest absolute Gasteiger partial charge is 0.467 e. The normalized spacial score (nSPS) is 28.1. The maximum atomic E-state index is 13.5. The standard InChI is InChI=1S/C12H20FNO4/c1-11(2,3)18-10(16)14-7-8(13)6-12(14,4)9(15)17-5/h8H,6-7H2,1-5H3. The first-order chi connectivity index (χ1) is 8.10. The van der Waals surface area contributed by atoms with Crippen molar-refractivity contribution in [1.82, 2.24) is 4.90 Å². The van der Waals surface area contributed by atoms with Gasteiger partial charge in [0, 0.05) is 6.42 Å². The Morgan fingerprint density at radius 3 is 2.39 bits per heavy atom. The first-order valence-electron chi connectivity index (χ1n) is 5.83. The number of methoxy groups -OCH3 is 1. The predicted molar refractivity (Wildman–Crippen MR) is 62.9 cm³/mol. The topological polar surface area (TPSA) is 55.8 Å². The molecule has 0 saturated carbocycles. The van der Waals surface area contributed by atoms with Crippen molar-refractivity contribution >= 4 is 12.1 Å². The fraction of sp³-hybridized carbons (Fsp3) is 0.833. The van der Waals surface area contributed by atoms with E-state index in [1.165, 1.54) is 14.0 Å². The third kappa shape index (κ3) is 2.91. The van der Waals surface area contributed by atoms with Crippen molar-refractivity contribution in [2.75, 3.05) is 13.7 Å². The van der Waals surface area contributed by atoms with Crippen molar-refractivity contribution in [3.63, 3.8) is 0 Å². The Morgan fingerprint density at radius 1 is 1.39 bits per heavy atom. The van der Waals surface area contributed by atoms with Gasteiger partial charge in [-0.15, -0.1) is 0 Å². The minimum Gasteiger partial charge on any atom is -0.467 e. The second kappa shape index (κ2) is 4.74. The number of hydrogen-bond donors (Lipinski definition) is 0. The van der Waals surface area contributed by atoms with Gasteiger partial charge in [-0.1, -0.05) is 0 Å². The van der Waals surface area contributed by atoms with Gasteiger partial charge in [0.25, 0.3) is 0 Å². The molecule has 1 aliphatic heterocycles. The maximum Gasteiger partial charge on any atom is 0.411 e. The summed E-state index contributed by atoms with van der Waals surface area (Å²) < 4.78 is 23.3. The van der Waals surface area contributed by atoms with Crippen LogP contribution >= 0.6 is 0 Å². The van der Waals surface area contributed by atoms with Crippen molar-refractivity contribution in [2.24, 2.45) is 0 Å². The van der Waals surface area contributed by atoms with Gasteiger partial charge in [-0.05, 0) is 27.7 Å². The summed E-state index contributed by atoms with van der Waals surface area (Å²) in [7, 11) is 1.21. The number of likely N-dealkylation sites (tertiary alicyclic amines) is 1. The number of carbonyl (C=O) groups excluding carboxylic acids is 2. The molecular formula is C12H20FNO4. The average Bonchev–Trinajstić information content (AvgIpc) is 2.51. The van der Waals surface area contributed by atoms with Gasteiger partial charge in [0.1, 0.15) is 17.3 Å². The van der Waals surface area contributed by atoms with Crippen LogP contribution in [0.1, 0.15) is 34.1 Å². The predicted octanol–water partition coefficient (Wildman–Crippen LogP) is 1.90. The van der Waals surface area contributed by atoms with Crippen LogP contribution in [0, 0.1) is 0 Å². The van der Waals surface area contributed by atoms with Gasteiger partial charge in [-0.25, -0.2) is 14.0 Å². The van der Waals surface area contributed by atoms with Crippen LogP contribution in [0.3, 0.4) is 0 Å². The maximum absolute atomic E-state index is 13.5. The highest BCUT2D eigenvalue weighted by atomic mass is 19.1. The highest BCUT2D eigenvalue weighted by molar-refractivity contribution is 5.86. The van der Waals surface area contributed by atoms with Crippen LogP contribution in [0.2, 0.25) is 0 Å². The van der Waals surface area contributed by atoms with Crippen molar-refractivity contribution in [2.45, 2.75) is 51.4 Å². The Bertz CT molecular complexity index is 352. The lowest BCUT2D eigenvalue weighted by Gasteiger charge is -2.33. The number of amides is 1. The summed E-state index contributed by atoms with van der Waals surface area (Å²) >= 11 is 0. The smallest absolute Gasteiger partial charge is 0.411 e. The van der Waals surface area contributed by atoms with Crippen LogP contribution in [0.4, 0.5) is 9.18 Å². The fourth-order valence-electron chi connectivity index (χ4n) is 2.01. The zero-order chi connectivity index (χ0) is 14.1. The van der Waals surface area contributed by atoms with Crippen molar-refractivity contribution in [1.29, 1.82) is 0 Å². The molecule has 2 atom stereocenters. The Hall–Kier alpha value is -1.33. The zero-order valence-corrected chi connectivity index (χ0v) is 11.4. The molecule has 0 bridgehead atoms. The molecular weight excluding hydrogens is 241 g/mol. The van der Waals surface area contributed by atoms with E-state index in [-0.39, 0.29) is 13.0 Å². The average molecular weight is 261 g/mol. The summed E-state index contributed by atoms with van der Waals surface area (Å²) in [5, 5.41) is 0. The molecule has 1 heterocycles. The second-order valence-electron chi connectivity index (χ2n) is 5.66. The minimum absolute atomic E-state index is 0.0705. The SMILES string of the molecule is COC(=O)C1(C)CC(F)CN1C(=O)OC(C)(C)C. The molecule has 1 saturated heterocycles. The van der Waals surface area contributed by atoms with E-state index in [1.807, 2.05) is 0 Å². The van der Waals surface area contributed by atoms with Crippen LogP contribution in [-0.4, -0.2) is 47.9 Å². The molecule has 1 rings (SSSR count). The summed E-state index contributed by atoms with van der Waals surface area (Å²) in [6, 6.07) is 0. The minimum atomic E-state index is -1.30. The van der Waals surface area contributed by atoms with E-state index in [1.54, 1.807) is 20.8 Å². The van der Waals surface area contributed by atoms with E-state index < -0.39 is 29.4 Å². The van der Waals surface area contributed by atoms with Crippen molar-refractivity contribution in [3.05, 3.63) is 0 Å². The molecule has 0 aromatic rings. The lowest BCUT2D eigenvalue weighted by atomic mass is 9.99. The molecule has 104 valence electrons. The van der Waals surface area contributed by atoms with Crippen LogP contribution in [0.5, 0.6) is 0 Å². The van der Waals surface area contributed by atoms with Gasteiger partial charge in [-0.3, -0.25) is 4.90 Å². The number of hydrogen-bond acceptors (Lipinski definition) is 4. The number of ether oxygens (including phenoxy) is 2. The van der Waals surface area contributed by atoms with E-state index in [9.17, 15) is 14.0 Å². The quantitative estimate of drug-likeness (QED) is 0.676. The van der Waals surface area contributed by atoms with Crippen molar-refractivity contribution < 1.29 is 23.5 Å². The number of nitrogens with zero attached hydrogens (tertiary/aromatic N) is 1. The van der Waals surface area contributed by atoms with Crippen molar-refractivity contribution in [3.8, 4) is 0 Å². The lowest BCUT2D eigenvalue weighted by Crippen LogP contribution is -2.52. The van der Waals surface area contributed by atoms with Crippen LogP contribution < -0.4 is 0 Å². The molecule has 0 aromatic carbocycles. The lowest BCUT2D eigenvalue weighted by molar-refractivity contribution is -0.152. The Balaban J connectivity index is 2.92. The second-order valence-corrected chi connectivity index (χ2v) is 5.66. The number of alkyl halides is 1. The summed E-state index contributed by atoms with van der Waals surface area (Å²) in [6.45, 7) is 6.47. The van der Waals surface area contributed by atoms with Gasteiger partial charge < -0.3 is 9.47 Å². The summed E-state index contributed by atoms with van der Waals surface area (Å²) in [4.78, 5) is 24.8. The van der Waals surface area contributed by atoms with Crippen LogP contribution in [-0.2, 0) is 14.3 Å². The number of rotatable bonds is 1. The van der Waals surface area contributed by atoms with E-state index in [0.29, 0.717) is 0 Å². The van der Waals surface area contributed by atoms with Gasteiger partial charge in [0.15, 0.2) is 0 Å². The van der Waals surface area contributed by atoms with Gasteiger partial charge in [0.2, 0.25) is 0 Å². The Morgan fingerprint density at radius 2 is 1.94 bits per heavy atom. The molecule has 1 aliphatic rings. The molecule has 0 radical (unpaired) electrons. The molecule has 5 nitrogen and oxygen atoms in total. The number of esters is 1. The van der Waals surface area contributed by atoms with E-state index in [0.717, 1.165) is 4.90 Å². The summed E-state index contributed by atoms with van der Waals surface area (Å²) in [6.07, 6.45) is -2.02.